The molecule has 19 heavy (non-hydrogen) atoms. The third-order valence-electron chi connectivity index (χ3n) is 4.15. The highest BCUT2D eigenvalue weighted by molar-refractivity contribution is 7.78. The van der Waals surface area contributed by atoms with Gasteiger partial charge < -0.3 is 4.57 Å². The number of benzene rings is 1. The average Bonchev–Trinajstić information content (AvgIpc) is 2.80. The Bertz CT molecular complexity index is 702. The van der Waals surface area contributed by atoms with Crippen LogP contribution in [-0.2, 0) is 10.1 Å². The van der Waals surface area contributed by atoms with E-state index in [2.05, 4.69) is 24.5 Å². The molecule has 3 rings (SSSR count). The molecule has 1 unspecified atom stereocenters. The quantitative estimate of drug-likeness (QED) is 0.478. The van der Waals surface area contributed by atoms with Crippen molar-refractivity contribution in [1.82, 2.24) is 4.68 Å². The molecule has 0 spiro atoms. The van der Waals surface area contributed by atoms with Crippen LogP contribution in [0.4, 0.5) is 0 Å². The largest absolute Gasteiger partial charge is 0.342 e. The molecule has 0 radical (unpaired) electrons. The summed E-state index contributed by atoms with van der Waals surface area (Å²) < 4.78 is 17.1. The van der Waals surface area contributed by atoms with Crippen LogP contribution in [0.15, 0.2) is 36.7 Å². The molecule has 2 aromatic rings. The summed E-state index contributed by atoms with van der Waals surface area (Å²) in [7, 11) is -2.64. The van der Waals surface area contributed by atoms with Gasteiger partial charge in [0.2, 0.25) is 7.14 Å². The van der Waals surface area contributed by atoms with Crippen LogP contribution in [0.2, 0.25) is 0 Å². The summed E-state index contributed by atoms with van der Waals surface area (Å²) in [5.74, 6) is 6.01. The summed E-state index contributed by atoms with van der Waals surface area (Å²) in [4.78, 5) is 0. The molecule has 0 saturated carbocycles. The summed E-state index contributed by atoms with van der Waals surface area (Å²) in [6, 6.07) is 8.02. The van der Waals surface area contributed by atoms with Gasteiger partial charge in [0.25, 0.3) is 0 Å². The first-order valence-corrected chi connectivity index (χ1v) is 8.40. The number of rotatable bonds is 1. The summed E-state index contributed by atoms with van der Waals surface area (Å²) in [5, 5.41) is 0.952. The number of hydrogen-bond acceptors (Lipinski definition) is 2. The second kappa shape index (κ2) is 3.73. The Kier molecular flexibility index (Phi) is 2.45. The van der Waals surface area contributed by atoms with Gasteiger partial charge in [0.1, 0.15) is 11.7 Å². The number of nitrogen functional groups attached to an aromatic ring is 1. The van der Waals surface area contributed by atoms with E-state index in [4.69, 9.17) is 5.84 Å². The van der Waals surface area contributed by atoms with E-state index in [1.807, 2.05) is 31.3 Å². The van der Waals surface area contributed by atoms with Crippen LogP contribution in [0.3, 0.4) is 0 Å². The van der Waals surface area contributed by atoms with E-state index in [0.717, 1.165) is 16.4 Å². The van der Waals surface area contributed by atoms with E-state index in [1.165, 1.54) is 4.68 Å². The van der Waals surface area contributed by atoms with Crippen LogP contribution < -0.4 is 21.3 Å². The molecule has 2 heterocycles. The van der Waals surface area contributed by atoms with E-state index in [-0.39, 0.29) is 5.54 Å². The molecule has 100 valence electrons. The normalized spacial score (nSPS) is 23.7. The van der Waals surface area contributed by atoms with Crippen molar-refractivity contribution in [1.29, 1.82) is 0 Å². The highest BCUT2D eigenvalue weighted by Crippen LogP contribution is 2.46. The van der Waals surface area contributed by atoms with E-state index in [9.17, 15) is 4.57 Å². The number of imidazole rings is 1. The third-order valence-corrected chi connectivity index (χ3v) is 7.30. The maximum absolute atomic E-state index is 13.5. The Morgan fingerprint density at radius 3 is 2.74 bits per heavy atom. The second-order valence-electron chi connectivity index (χ2n) is 5.51. The van der Waals surface area contributed by atoms with Gasteiger partial charge >= 0.3 is 5.57 Å². The molecule has 1 atom stereocenters. The van der Waals surface area contributed by atoms with Gasteiger partial charge in [0, 0.05) is 17.0 Å². The summed E-state index contributed by atoms with van der Waals surface area (Å²) in [6.07, 6.45) is 4.29. The molecule has 4 nitrogen and oxygen atoms in total. The number of aromatic nitrogens is 2. The predicted octanol–water partition coefficient (Wildman–Crippen LogP) is 0.920. The van der Waals surface area contributed by atoms with Gasteiger partial charge in [-0.1, -0.05) is 31.2 Å². The van der Waals surface area contributed by atoms with Crippen LogP contribution in [0.5, 0.6) is 0 Å². The van der Waals surface area contributed by atoms with Crippen LogP contribution >= 0.6 is 7.14 Å². The van der Waals surface area contributed by atoms with E-state index in [1.54, 1.807) is 6.20 Å². The minimum atomic E-state index is -2.64. The highest BCUT2D eigenvalue weighted by atomic mass is 31.2. The van der Waals surface area contributed by atoms with Gasteiger partial charge in [-0.3, -0.25) is 5.84 Å². The summed E-state index contributed by atoms with van der Waals surface area (Å²) in [6.45, 7) is 6.23. The summed E-state index contributed by atoms with van der Waals surface area (Å²) >= 11 is 0. The van der Waals surface area contributed by atoms with Crippen molar-refractivity contribution in [2.45, 2.75) is 26.3 Å². The van der Waals surface area contributed by atoms with Crippen LogP contribution in [0.1, 0.15) is 26.3 Å². The Hall–Kier alpha value is -1.54. The lowest BCUT2D eigenvalue weighted by Gasteiger charge is -2.33. The first-order valence-electron chi connectivity index (χ1n) is 6.51. The smallest absolute Gasteiger partial charge is 0.305 e. The SMILES string of the molecule is CCP1(=O)c2ccccc2C(C)(C)[n+]2ccn(N)c21. The van der Waals surface area contributed by atoms with Gasteiger partial charge in [0.05, 0.1) is 0 Å². The zero-order chi connectivity index (χ0) is 13.8. The predicted molar refractivity (Wildman–Crippen MR) is 77.1 cm³/mol. The van der Waals surface area contributed by atoms with Crippen molar-refractivity contribution in [2.75, 3.05) is 12.0 Å². The fourth-order valence-corrected chi connectivity index (χ4v) is 6.06. The minimum absolute atomic E-state index is 0.236. The topological polar surface area (TPSA) is 51.9 Å². The molecule has 1 aliphatic rings. The number of fused-ring (bicyclic) bond motifs is 2. The molecule has 0 aliphatic carbocycles. The lowest BCUT2D eigenvalue weighted by molar-refractivity contribution is -0.731. The molecule has 0 fully saturated rings. The van der Waals surface area contributed by atoms with Crippen molar-refractivity contribution in [3.8, 4) is 0 Å². The van der Waals surface area contributed by atoms with Gasteiger partial charge in [-0.15, -0.1) is 4.68 Å². The van der Waals surface area contributed by atoms with Crippen molar-refractivity contribution in [3.05, 3.63) is 42.2 Å². The molecule has 5 heteroatoms. The molecule has 2 N–H and O–H groups in total. The molecular formula is C14H19N3OP+. The maximum Gasteiger partial charge on any atom is 0.342 e. The van der Waals surface area contributed by atoms with Crippen LogP contribution in [0.25, 0.3) is 0 Å². The number of nitrogens with two attached hydrogens (primary N) is 1. The fraction of sp³-hybridized carbons (Fsp3) is 0.357. The number of hydrogen-bond donors (Lipinski definition) is 1. The van der Waals surface area contributed by atoms with Crippen molar-refractivity contribution in [2.24, 2.45) is 0 Å². The lowest BCUT2D eigenvalue weighted by atomic mass is 9.94. The Labute approximate surface area is 113 Å². The molecule has 1 aromatic heterocycles. The zero-order valence-electron chi connectivity index (χ0n) is 11.5. The minimum Gasteiger partial charge on any atom is -0.305 e. The van der Waals surface area contributed by atoms with E-state index < -0.39 is 7.14 Å². The molecular weight excluding hydrogens is 257 g/mol. The van der Waals surface area contributed by atoms with Crippen LogP contribution in [0, 0.1) is 0 Å². The summed E-state index contributed by atoms with van der Waals surface area (Å²) in [5.41, 5.74) is 1.63. The zero-order valence-corrected chi connectivity index (χ0v) is 12.4. The molecule has 1 aromatic carbocycles. The van der Waals surface area contributed by atoms with Crippen molar-refractivity contribution >= 4 is 18.0 Å². The average molecular weight is 276 g/mol. The first kappa shape index (κ1) is 12.5. The van der Waals surface area contributed by atoms with Gasteiger partial charge in [-0.2, -0.15) is 0 Å². The Morgan fingerprint density at radius 1 is 1.37 bits per heavy atom. The fourth-order valence-electron chi connectivity index (χ4n) is 3.05. The van der Waals surface area contributed by atoms with Gasteiger partial charge in [-0.25, -0.2) is 4.57 Å². The monoisotopic (exact) mass is 276 g/mol. The molecule has 0 saturated heterocycles. The third kappa shape index (κ3) is 1.41. The maximum atomic E-state index is 13.5. The van der Waals surface area contributed by atoms with E-state index in [0.29, 0.717) is 6.16 Å². The van der Waals surface area contributed by atoms with Crippen molar-refractivity contribution < 1.29 is 9.13 Å². The Morgan fingerprint density at radius 2 is 2.05 bits per heavy atom. The number of nitrogens with zero attached hydrogens (tertiary/aromatic N) is 2. The van der Waals surface area contributed by atoms with E-state index >= 15 is 0 Å². The Balaban J connectivity index is 2.46. The lowest BCUT2D eigenvalue weighted by Crippen LogP contribution is -2.67. The van der Waals surface area contributed by atoms with Gasteiger partial charge in [0.15, 0.2) is 6.20 Å². The highest BCUT2D eigenvalue weighted by Gasteiger charge is 2.50. The first-order chi connectivity index (χ1) is 8.93. The molecule has 0 bridgehead atoms. The van der Waals surface area contributed by atoms with Crippen LogP contribution in [-0.4, -0.2) is 10.8 Å². The standard InChI is InChI=1S/C14H19N3OP/c1-4-19(18)12-8-6-5-7-11(12)14(2,3)16-9-10-17(15)13(16)19/h5-10H,4,15H2,1-3H3/q+1. The molecule has 0 amide bonds. The molecule has 1 aliphatic heterocycles. The van der Waals surface area contributed by atoms with Crippen molar-refractivity contribution in [3.63, 3.8) is 0 Å². The van der Waals surface area contributed by atoms with Gasteiger partial charge in [-0.05, 0) is 13.8 Å². The second-order valence-corrected chi connectivity index (χ2v) is 8.50.